The molecule has 4 amide bonds. The molecule has 2 unspecified atom stereocenters. The molecule has 12 nitrogen and oxygen atoms in total. The molecule has 2 aromatic rings. The molecule has 0 radical (unpaired) electrons. The van der Waals surface area contributed by atoms with Crippen LogP contribution < -0.4 is 16.0 Å². The quantitative estimate of drug-likeness (QED) is 0.298. The Morgan fingerprint density at radius 3 is 2.46 bits per heavy atom. The monoisotopic (exact) mass is 705 g/mol. The predicted octanol–water partition coefficient (Wildman–Crippen LogP) is 4.10. The molecule has 266 valence electrons. The summed E-state index contributed by atoms with van der Waals surface area (Å²) in [6.07, 6.45) is 2.16. The molecule has 13 heteroatoms. The summed E-state index contributed by atoms with van der Waals surface area (Å²) in [4.78, 5) is 74.8. The Bertz CT molecular complexity index is 1690. The lowest BCUT2D eigenvalue weighted by Gasteiger charge is -2.35. The Hall–Kier alpha value is -4.45. The molecule has 1 saturated heterocycles. The van der Waals surface area contributed by atoms with Crippen LogP contribution in [0.4, 0.5) is 4.79 Å². The van der Waals surface area contributed by atoms with Gasteiger partial charge in [0.25, 0.3) is 5.91 Å². The van der Waals surface area contributed by atoms with E-state index in [0.717, 1.165) is 24.0 Å². The molecule has 2 heterocycles. The second-order valence-electron chi connectivity index (χ2n) is 15.0. The SMILES string of the molecule is CNC(=O)C(=O)[C@H](CC1CC1)NC(=O)[C@@H]1C[C@]2(CC(c3cccc(Cl)c3)=NO2)CN1C(=O)[C@@H](NC(=O)OC1CC1c1ccccc1)C(C)(C)C. The van der Waals surface area contributed by atoms with Crippen LogP contribution in [-0.4, -0.2) is 83.6 Å². The minimum absolute atomic E-state index is 0.00379. The number of benzene rings is 2. The van der Waals surface area contributed by atoms with E-state index in [1.807, 2.05) is 57.2 Å². The van der Waals surface area contributed by atoms with Crippen molar-refractivity contribution in [1.29, 1.82) is 0 Å². The molecule has 6 rings (SSSR count). The van der Waals surface area contributed by atoms with Crippen molar-refractivity contribution >= 4 is 46.9 Å². The highest BCUT2D eigenvalue weighted by Crippen LogP contribution is 2.44. The topological polar surface area (TPSA) is 156 Å². The second-order valence-corrected chi connectivity index (χ2v) is 15.4. The van der Waals surface area contributed by atoms with Crippen molar-refractivity contribution in [3.63, 3.8) is 0 Å². The lowest BCUT2D eigenvalue weighted by molar-refractivity contribution is -0.144. The number of ketones is 1. The number of Topliss-reactive ketones (excluding diaryl/α,β-unsaturated/α-hetero) is 1. The van der Waals surface area contributed by atoms with Gasteiger partial charge in [0.15, 0.2) is 5.60 Å². The number of ether oxygens (including phenoxy) is 1. The fourth-order valence-corrected chi connectivity index (χ4v) is 7.07. The van der Waals surface area contributed by atoms with Gasteiger partial charge in [-0.05, 0) is 41.9 Å². The maximum atomic E-state index is 14.6. The van der Waals surface area contributed by atoms with Crippen LogP contribution in [0.25, 0.3) is 0 Å². The van der Waals surface area contributed by atoms with Crippen LogP contribution in [-0.2, 0) is 28.8 Å². The highest BCUT2D eigenvalue weighted by Gasteiger charge is 2.56. The minimum atomic E-state index is -1.08. The molecule has 1 spiro atoms. The zero-order valence-corrected chi connectivity index (χ0v) is 29.5. The van der Waals surface area contributed by atoms with E-state index in [1.165, 1.54) is 11.9 Å². The van der Waals surface area contributed by atoms with Crippen molar-refractivity contribution in [3.8, 4) is 0 Å². The summed E-state index contributed by atoms with van der Waals surface area (Å²) < 4.78 is 5.73. The number of amides is 4. The van der Waals surface area contributed by atoms with Crippen LogP contribution in [0.15, 0.2) is 59.8 Å². The normalized spacial score (nSPS) is 25.2. The zero-order valence-electron chi connectivity index (χ0n) is 28.7. The minimum Gasteiger partial charge on any atom is -0.446 e. The fourth-order valence-electron chi connectivity index (χ4n) is 6.88. The largest absolute Gasteiger partial charge is 0.446 e. The summed E-state index contributed by atoms with van der Waals surface area (Å²) in [5.41, 5.74) is 0.625. The van der Waals surface area contributed by atoms with E-state index in [9.17, 15) is 24.0 Å². The van der Waals surface area contributed by atoms with E-state index in [4.69, 9.17) is 21.2 Å². The van der Waals surface area contributed by atoms with Gasteiger partial charge < -0.3 is 30.4 Å². The van der Waals surface area contributed by atoms with E-state index in [-0.39, 0.29) is 30.9 Å². The first-order valence-corrected chi connectivity index (χ1v) is 17.5. The van der Waals surface area contributed by atoms with Gasteiger partial charge in [-0.15, -0.1) is 0 Å². The smallest absolute Gasteiger partial charge is 0.408 e. The Morgan fingerprint density at radius 1 is 1.06 bits per heavy atom. The standard InChI is InChI=1S/C37H44ClN5O7/c1-36(2,3)31(41-35(48)49-29-17-25(29)22-9-6-5-7-10-22)34(47)43-20-37(18-27(42-50-37)23-11-8-12-24(38)16-23)19-28(43)32(45)40-26(15-21-13-14-21)30(44)33(46)39-4/h5-12,16,21,25-26,28-29,31H,13-15,17-20H2,1-4H3,(H,39,46)(H,40,45)(H,41,48)/t25?,26-,28-,29?,31+,37+/m0/s1. The van der Waals surface area contributed by atoms with Crippen LogP contribution >= 0.6 is 11.6 Å². The third kappa shape index (κ3) is 7.96. The van der Waals surface area contributed by atoms with Crippen molar-refractivity contribution in [2.24, 2.45) is 16.5 Å². The molecule has 2 saturated carbocycles. The van der Waals surface area contributed by atoms with Crippen molar-refractivity contribution in [2.45, 2.75) is 95.0 Å². The van der Waals surface area contributed by atoms with E-state index in [1.54, 1.807) is 18.2 Å². The van der Waals surface area contributed by atoms with Gasteiger partial charge in [-0.2, -0.15) is 0 Å². The molecule has 2 aromatic carbocycles. The number of rotatable bonds is 11. The number of hydrogen-bond donors (Lipinski definition) is 3. The lowest BCUT2D eigenvalue weighted by atomic mass is 9.85. The molecular weight excluding hydrogens is 662 g/mol. The average molecular weight is 706 g/mol. The number of nitrogens with zero attached hydrogens (tertiary/aromatic N) is 2. The van der Waals surface area contributed by atoms with Crippen LogP contribution in [0, 0.1) is 11.3 Å². The summed E-state index contributed by atoms with van der Waals surface area (Å²) in [5, 5.41) is 12.8. The number of likely N-dealkylation sites (tertiary alicyclic amines) is 1. The molecule has 0 bridgehead atoms. The Labute approximate surface area is 296 Å². The first kappa shape index (κ1) is 35.4. The van der Waals surface area contributed by atoms with Gasteiger partial charge in [0.1, 0.15) is 18.2 Å². The molecule has 50 heavy (non-hydrogen) atoms. The molecule has 2 aliphatic carbocycles. The highest BCUT2D eigenvalue weighted by molar-refractivity contribution is 6.38. The third-order valence-electron chi connectivity index (χ3n) is 9.93. The molecule has 3 N–H and O–H groups in total. The van der Waals surface area contributed by atoms with Gasteiger partial charge in [-0.1, -0.05) is 92.8 Å². The summed E-state index contributed by atoms with van der Waals surface area (Å²) in [6.45, 7) is 5.46. The Balaban J connectivity index is 1.22. The van der Waals surface area contributed by atoms with Gasteiger partial charge in [0.05, 0.1) is 18.3 Å². The number of nitrogens with one attached hydrogen (secondary N) is 3. The van der Waals surface area contributed by atoms with Crippen molar-refractivity contribution in [3.05, 3.63) is 70.7 Å². The molecular formula is C37H44ClN5O7. The molecule has 6 atom stereocenters. The van der Waals surface area contributed by atoms with Gasteiger partial charge in [-0.25, -0.2) is 4.79 Å². The number of halogens is 1. The zero-order chi connectivity index (χ0) is 35.8. The van der Waals surface area contributed by atoms with Crippen LogP contribution in [0.2, 0.25) is 5.02 Å². The first-order chi connectivity index (χ1) is 23.8. The van der Waals surface area contributed by atoms with Gasteiger partial charge in [0.2, 0.25) is 17.6 Å². The Kier molecular flexibility index (Phi) is 9.94. The summed E-state index contributed by atoms with van der Waals surface area (Å²) in [5.74, 6) is -2.32. The van der Waals surface area contributed by atoms with Crippen molar-refractivity contribution in [2.75, 3.05) is 13.6 Å². The summed E-state index contributed by atoms with van der Waals surface area (Å²) >= 11 is 6.24. The first-order valence-electron chi connectivity index (χ1n) is 17.2. The predicted molar refractivity (Wildman–Crippen MR) is 185 cm³/mol. The van der Waals surface area contributed by atoms with Gasteiger partial charge >= 0.3 is 6.09 Å². The second kappa shape index (κ2) is 14.0. The lowest BCUT2D eigenvalue weighted by Crippen LogP contribution is -2.59. The van der Waals surface area contributed by atoms with Crippen molar-refractivity contribution < 1.29 is 33.5 Å². The number of alkyl carbamates (subject to hydrolysis) is 1. The number of carbonyl (C=O) groups is 5. The van der Waals surface area contributed by atoms with E-state index in [0.29, 0.717) is 30.0 Å². The maximum Gasteiger partial charge on any atom is 0.408 e. The Morgan fingerprint density at radius 2 is 1.80 bits per heavy atom. The van der Waals surface area contributed by atoms with Gasteiger partial charge in [-0.3, -0.25) is 19.2 Å². The van der Waals surface area contributed by atoms with Gasteiger partial charge in [0, 0.05) is 36.4 Å². The van der Waals surface area contributed by atoms with E-state index in [2.05, 4.69) is 21.1 Å². The number of likely N-dealkylation sites (N-methyl/N-ethyl adjacent to an activating group) is 1. The molecule has 2 aliphatic heterocycles. The van der Waals surface area contributed by atoms with Crippen LogP contribution in [0.1, 0.15) is 76.3 Å². The van der Waals surface area contributed by atoms with Crippen molar-refractivity contribution in [1.82, 2.24) is 20.9 Å². The number of carbonyl (C=O) groups excluding carboxylic acids is 5. The highest BCUT2D eigenvalue weighted by atomic mass is 35.5. The molecule has 0 aromatic heterocycles. The maximum absolute atomic E-state index is 14.6. The summed E-state index contributed by atoms with van der Waals surface area (Å²) in [6, 6.07) is 13.8. The van der Waals surface area contributed by atoms with Crippen LogP contribution in [0.3, 0.4) is 0 Å². The fraction of sp³-hybridized carbons (Fsp3) is 0.514. The summed E-state index contributed by atoms with van der Waals surface area (Å²) in [7, 11) is 1.36. The van der Waals surface area contributed by atoms with E-state index < -0.39 is 58.7 Å². The van der Waals surface area contributed by atoms with E-state index >= 15 is 0 Å². The number of oxime groups is 1. The third-order valence-corrected chi connectivity index (χ3v) is 10.2. The number of hydrogen-bond acceptors (Lipinski definition) is 8. The average Bonchev–Trinajstić information content (AvgIpc) is 3.99. The van der Waals surface area contributed by atoms with Crippen LogP contribution in [0.5, 0.6) is 0 Å². The molecule has 4 aliphatic rings. The molecule has 3 fully saturated rings.